The van der Waals surface area contributed by atoms with E-state index < -0.39 is 4.92 Å². The SMILES string of the molecule is Cc1ccc(C)c(NC(=S)Nc2cc(Oc3ccc(Cl)cc3)cc([N+](=O)[O-])c2)c1. The predicted molar refractivity (Wildman–Crippen MR) is 120 cm³/mol. The molecule has 3 aromatic rings. The lowest BCUT2D eigenvalue weighted by Crippen LogP contribution is -2.19. The Balaban J connectivity index is 1.81. The van der Waals surface area contributed by atoms with E-state index in [0.29, 0.717) is 27.3 Å². The number of hydrogen-bond acceptors (Lipinski definition) is 4. The standard InChI is InChI=1S/C21H18ClN3O3S/c1-13-3-4-14(2)20(9-13)24-21(29)23-16-10-17(25(26)27)12-19(11-16)28-18-7-5-15(22)6-8-18/h3-12H,1-2H3,(H2,23,24,29). The predicted octanol–water partition coefficient (Wildman–Crippen LogP) is 6.47. The molecule has 0 heterocycles. The van der Waals surface area contributed by atoms with Crippen molar-refractivity contribution in [2.45, 2.75) is 13.8 Å². The van der Waals surface area contributed by atoms with E-state index in [0.717, 1.165) is 16.8 Å². The van der Waals surface area contributed by atoms with E-state index in [-0.39, 0.29) is 5.69 Å². The third-order valence-corrected chi connectivity index (χ3v) is 4.51. The smallest absolute Gasteiger partial charge is 0.275 e. The van der Waals surface area contributed by atoms with Crippen molar-refractivity contribution < 1.29 is 9.66 Å². The number of nitro benzene ring substituents is 1. The number of halogens is 1. The molecule has 2 N–H and O–H groups in total. The summed E-state index contributed by atoms with van der Waals surface area (Å²) in [6.07, 6.45) is 0. The molecular weight excluding hydrogens is 410 g/mol. The number of anilines is 2. The van der Waals surface area contributed by atoms with Crippen molar-refractivity contribution in [2.24, 2.45) is 0 Å². The van der Waals surface area contributed by atoms with Gasteiger partial charge in [0.25, 0.3) is 5.69 Å². The van der Waals surface area contributed by atoms with Gasteiger partial charge in [-0.2, -0.15) is 0 Å². The highest BCUT2D eigenvalue weighted by molar-refractivity contribution is 7.80. The van der Waals surface area contributed by atoms with Gasteiger partial charge in [-0.25, -0.2) is 0 Å². The van der Waals surface area contributed by atoms with Crippen LogP contribution in [-0.4, -0.2) is 10.0 Å². The molecule has 3 rings (SSSR count). The van der Waals surface area contributed by atoms with Crippen LogP contribution in [0.5, 0.6) is 11.5 Å². The zero-order valence-electron chi connectivity index (χ0n) is 15.7. The summed E-state index contributed by atoms with van der Waals surface area (Å²) >= 11 is 11.2. The number of hydrogen-bond donors (Lipinski definition) is 2. The molecule has 0 bridgehead atoms. The van der Waals surface area contributed by atoms with Gasteiger partial charge in [0.15, 0.2) is 5.11 Å². The van der Waals surface area contributed by atoms with E-state index in [9.17, 15) is 10.1 Å². The van der Waals surface area contributed by atoms with Gasteiger partial charge in [0.05, 0.1) is 16.7 Å². The summed E-state index contributed by atoms with van der Waals surface area (Å²) in [5.41, 5.74) is 3.31. The first-order valence-corrected chi connectivity index (χ1v) is 9.47. The lowest BCUT2D eigenvalue weighted by molar-refractivity contribution is -0.384. The first kappa shape index (κ1) is 20.6. The van der Waals surface area contributed by atoms with Crippen LogP contribution in [-0.2, 0) is 0 Å². The molecule has 6 nitrogen and oxygen atoms in total. The average Bonchev–Trinajstić information content (AvgIpc) is 2.66. The Labute approximate surface area is 178 Å². The van der Waals surface area contributed by atoms with E-state index in [1.807, 2.05) is 32.0 Å². The molecule has 0 atom stereocenters. The minimum Gasteiger partial charge on any atom is -0.457 e. The highest BCUT2D eigenvalue weighted by Gasteiger charge is 2.13. The van der Waals surface area contributed by atoms with E-state index in [4.69, 9.17) is 28.6 Å². The molecule has 0 spiro atoms. The monoisotopic (exact) mass is 427 g/mol. The van der Waals surface area contributed by atoms with Gasteiger partial charge in [-0.1, -0.05) is 23.7 Å². The van der Waals surface area contributed by atoms with Crippen molar-refractivity contribution in [3.05, 3.63) is 86.9 Å². The van der Waals surface area contributed by atoms with Crippen molar-refractivity contribution in [1.82, 2.24) is 0 Å². The molecule has 0 aliphatic rings. The Hall–Kier alpha value is -3.16. The molecule has 3 aromatic carbocycles. The third-order valence-electron chi connectivity index (χ3n) is 4.05. The molecule has 29 heavy (non-hydrogen) atoms. The molecule has 0 aromatic heterocycles. The van der Waals surface area contributed by atoms with Crippen LogP contribution in [0.1, 0.15) is 11.1 Å². The molecule has 0 amide bonds. The molecule has 8 heteroatoms. The second-order valence-electron chi connectivity index (χ2n) is 6.43. The number of ether oxygens (including phenoxy) is 1. The molecule has 0 radical (unpaired) electrons. The zero-order valence-corrected chi connectivity index (χ0v) is 17.3. The van der Waals surface area contributed by atoms with E-state index in [1.54, 1.807) is 30.3 Å². The molecule has 148 valence electrons. The van der Waals surface area contributed by atoms with Crippen LogP contribution in [0, 0.1) is 24.0 Å². The maximum Gasteiger partial charge on any atom is 0.275 e. The van der Waals surface area contributed by atoms with Crippen LogP contribution < -0.4 is 15.4 Å². The molecule has 0 unspecified atom stereocenters. The third kappa shape index (κ3) is 5.66. The van der Waals surface area contributed by atoms with Crippen molar-refractivity contribution in [3.8, 4) is 11.5 Å². The molecule has 0 fully saturated rings. The number of non-ortho nitro benzene ring substituents is 1. The van der Waals surface area contributed by atoms with Crippen molar-refractivity contribution in [1.29, 1.82) is 0 Å². The second kappa shape index (κ2) is 8.89. The number of thiocarbonyl (C=S) groups is 1. The number of rotatable bonds is 5. The minimum absolute atomic E-state index is 0.117. The number of benzene rings is 3. The summed E-state index contributed by atoms with van der Waals surface area (Å²) in [5.74, 6) is 0.815. The number of nitrogens with zero attached hydrogens (tertiary/aromatic N) is 1. The number of aryl methyl sites for hydroxylation is 2. The fourth-order valence-electron chi connectivity index (χ4n) is 2.61. The van der Waals surface area contributed by atoms with Gasteiger partial charge in [-0.3, -0.25) is 10.1 Å². The van der Waals surface area contributed by atoms with Gasteiger partial charge in [0.1, 0.15) is 11.5 Å². The quantitative estimate of drug-likeness (QED) is 0.276. The molecule has 0 aliphatic heterocycles. The van der Waals surface area contributed by atoms with E-state index in [1.165, 1.54) is 12.1 Å². The largest absolute Gasteiger partial charge is 0.457 e. The minimum atomic E-state index is -0.485. The highest BCUT2D eigenvalue weighted by Crippen LogP contribution is 2.30. The summed E-state index contributed by atoms with van der Waals surface area (Å²) in [6.45, 7) is 3.96. The zero-order chi connectivity index (χ0) is 21.0. The van der Waals surface area contributed by atoms with Crippen LogP contribution in [0.4, 0.5) is 17.1 Å². The summed E-state index contributed by atoms with van der Waals surface area (Å²) in [5, 5.41) is 18.3. The topological polar surface area (TPSA) is 76.4 Å². The average molecular weight is 428 g/mol. The van der Waals surface area contributed by atoms with Crippen molar-refractivity contribution in [2.75, 3.05) is 10.6 Å². The second-order valence-corrected chi connectivity index (χ2v) is 7.27. The Morgan fingerprint density at radius 2 is 1.72 bits per heavy atom. The Morgan fingerprint density at radius 1 is 1.00 bits per heavy atom. The van der Waals surface area contributed by atoms with Gasteiger partial charge >= 0.3 is 0 Å². The van der Waals surface area contributed by atoms with Crippen LogP contribution in [0.3, 0.4) is 0 Å². The summed E-state index contributed by atoms with van der Waals surface area (Å²) in [6, 6.07) is 17.1. The number of nitrogens with one attached hydrogen (secondary N) is 2. The first-order chi connectivity index (χ1) is 13.8. The van der Waals surface area contributed by atoms with Gasteiger partial charge in [-0.05, 0) is 67.5 Å². The van der Waals surface area contributed by atoms with E-state index in [2.05, 4.69) is 10.6 Å². The lowest BCUT2D eigenvalue weighted by Gasteiger charge is -2.14. The van der Waals surface area contributed by atoms with Crippen LogP contribution in [0.25, 0.3) is 0 Å². The van der Waals surface area contributed by atoms with Gasteiger partial charge < -0.3 is 15.4 Å². The summed E-state index contributed by atoms with van der Waals surface area (Å²) < 4.78 is 5.73. The lowest BCUT2D eigenvalue weighted by atomic mass is 10.1. The normalized spacial score (nSPS) is 10.3. The van der Waals surface area contributed by atoms with Crippen molar-refractivity contribution in [3.63, 3.8) is 0 Å². The summed E-state index contributed by atoms with van der Waals surface area (Å²) in [7, 11) is 0. The fraction of sp³-hybridized carbons (Fsp3) is 0.0952. The van der Waals surface area contributed by atoms with Gasteiger partial charge in [0, 0.05) is 22.8 Å². The van der Waals surface area contributed by atoms with Gasteiger partial charge in [-0.15, -0.1) is 0 Å². The van der Waals surface area contributed by atoms with E-state index >= 15 is 0 Å². The molecule has 0 aliphatic carbocycles. The maximum absolute atomic E-state index is 11.3. The Morgan fingerprint density at radius 3 is 2.41 bits per heavy atom. The molecule has 0 saturated carbocycles. The molecule has 0 saturated heterocycles. The van der Waals surface area contributed by atoms with Crippen LogP contribution in [0.15, 0.2) is 60.7 Å². The first-order valence-electron chi connectivity index (χ1n) is 8.68. The summed E-state index contributed by atoms with van der Waals surface area (Å²) in [4.78, 5) is 10.8. The van der Waals surface area contributed by atoms with Crippen molar-refractivity contribution >= 4 is 46.0 Å². The highest BCUT2D eigenvalue weighted by atomic mass is 35.5. The van der Waals surface area contributed by atoms with Crippen LogP contribution in [0.2, 0.25) is 5.02 Å². The maximum atomic E-state index is 11.3. The van der Waals surface area contributed by atoms with Crippen LogP contribution >= 0.6 is 23.8 Å². The Bertz CT molecular complexity index is 1070. The number of nitro groups is 1. The van der Waals surface area contributed by atoms with Gasteiger partial charge in [0.2, 0.25) is 0 Å². The fourth-order valence-corrected chi connectivity index (χ4v) is 2.97. The molecular formula is C21H18ClN3O3S. The Kier molecular flexibility index (Phi) is 6.31.